The summed E-state index contributed by atoms with van der Waals surface area (Å²) in [6, 6.07) is 6.87. The van der Waals surface area contributed by atoms with Crippen molar-refractivity contribution in [3.63, 3.8) is 0 Å². The van der Waals surface area contributed by atoms with Crippen LogP contribution in [0.2, 0.25) is 0 Å². The van der Waals surface area contributed by atoms with E-state index in [0.29, 0.717) is 5.69 Å². The Morgan fingerprint density at radius 1 is 1.32 bits per heavy atom. The second kappa shape index (κ2) is 4.87. The van der Waals surface area contributed by atoms with Crippen LogP contribution in [0.5, 0.6) is 0 Å². The van der Waals surface area contributed by atoms with Crippen molar-refractivity contribution in [3.8, 4) is 12.3 Å². The number of para-hydroxylation sites is 1. The van der Waals surface area contributed by atoms with Gasteiger partial charge in [0.25, 0.3) is 0 Å². The molecule has 0 spiro atoms. The molecule has 0 atom stereocenters. The van der Waals surface area contributed by atoms with Gasteiger partial charge >= 0.3 is 0 Å². The average Bonchev–Trinajstić information content (AvgIpc) is 3.12. The summed E-state index contributed by atoms with van der Waals surface area (Å²) in [4.78, 5) is 0.241. The lowest BCUT2D eigenvalue weighted by atomic mass is 10.1. The molecule has 2 N–H and O–H groups in total. The molecule has 0 unspecified atom stereocenters. The molecule has 0 amide bonds. The Labute approximate surface area is 114 Å². The van der Waals surface area contributed by atoms with E-state index < -0.39 is 15.6 Å². The summed E-state index contributed by atoms with van der Waals surface area (Å²) >= 11 is 0. The zero-order chi connectivity index (χ0) is 14.1. The molecule has 102 valence electrons. The van der Waals surface area contributed by atoms with Gasteiger partial charge in [-0.15, -0.1) is 6.42 Å². The third-order valence-corrected chi connectivity index (χ3v) is 4.46. The van der Waals surface area contributed by atoms with E-state index >= 15 is 0 Å². The first-order valence-corrected chi connectivity index (χ1v) is 7.70. The predicted molar refractivity (Wildman–Crippen MR) is 76.3 cm³/mol. The van der Waals surface area contributed by atoms with Crippen molar-refractivity contribution in [1.29, 1.82) is 0 Å². The second-order valence-corrected chi connectivity index (χ2v) is 6.97. The molecule has 4 nitrogen and oxygen atoms in total. The Kier molecular flexibility index (Phi) is 3.57. The third kappa shape index (κ3) is 3.49. The standard InChI is InChI=1S/C14H18N2O2S/c1-4-14(2,3)15-12-7-5-6-8-13(12)19(17,18)16-11-9-10-11/h1,5-8,11,15-16H,9-10H2,2-3H3. The van der Waals surface area contributed by atoms with E-state index in [1.165, 1.54) is 0 Å². The maximum Gasteiger partial charge on any atom is 0.242 e. The predicted octanol–water partition coefficient (Wildman–Crippen LogP) is 1.95. The van der Waals surface area contributed by atoms with Gasteiger partial charge in [0, 0.05) is 6.04 Å². The van der Waals surface area contributed by atoms with Crippen molar-refractivity contribution in [2.75, 3.05) is 5.32 Å². The molecule has 5 heteroatoms. The largest absolute Gasteiger partial charge is 0.368 e. The lowest BCUT2D eigenvalue weighted by molar-refractivity contribution is 0.581. The minimum absolute atomic E-state index is 0.0821. The monoisotopic (exact) mass is 278 g/mol. The smallest absolute Gasteiger partial charge is 0.242 e. The van der Waals surface area contributed by atoms with Crippen LogP contribution in [0.3, 0.4) is 0 Å². The number of sulfonamides is 1. The average molecular weight is 278 g/mol. The number of anilines is 1. The zero-order valence-electron chi connectivity index (χ0n) is 11.1. The van der Waals surface area contributed by atoms with Crippen LogP contribution >= 0.6 is 0 Å². The van der Waals surface area contributed by atoms with Crippen LogP contribution in [0.1, 0.15) is 26.7 Å². The third-order valence-electron chi connectivity index (χ3n) is 2.88. The molecule has 0 radical (unpaired) electrons. The Morgan fingerprint density at radius 2 is 1.95 bits per heavy atom. The molecule has 1 aliphatic rings. The molecule has 0 bridgehead atoms. The number of rotatable bonds is 5. The van der Waals surface area contributed by atoms with Crippen LogP contribution in [-0.2, 0) is 10.0 Å². The minimum Gasteiger partial charge on any atom is -0.368 e. The van der Waals surface area contributed by atoms with Gasteiger partial charge in [-0.3, -0.25) is 0 Å². The molecule has 0 saturated heterocycles. The van der Waals surface area contributed by atoms with Crippen molar-refractivity contribution >= 4 is 15.7 Å². The summed E-state index contributed by atoms with van der Waals surface area (Å²) in [7, 11) is -3.49. The second-order valence-electron chi connectivity index (χ2n) is 5.29. The molecular weight excluding hydrogens is 260 g/mol. The van der Waals surface area contributed by atoms with Gasteiger partial charge in [0.1, 0.15) is 4.90 Å². The van der Waals surface area contributed by atoms with Gasteiger partial charge in [0.15, 0.2) is 0 Å². The molecule has 0 aliphatic heterocycles. The normalized spacial score (nSPS) is 15.8. The highest BCUT2D eigenvalue weighted by molar-refractivity contribution is 7.89. The number of benzene rings is 1. The highest BCUT2D eigenvalue weighted by atomic mass is 32.2. The molecule has 19 heavy (non-hydrogen) atoms. The number of nitrogens with one attached hydrogen (secondary N) is 2. The molecule has 0 heterocycles. The van der Waals surface area contributed by atoms with Crippen LogP contribution in [0.4, 0.5) is 5.69 Å². The maximum absolute atomic E-state index is 12.3. The van der Waals surface area contributed by atoms with E-state index in [9.17, 15) is 8.42 Å². The number of terminal acetylenes is 1. The van der Waals surface area contributed by atoms with Crippen molar-refractivity contribution in [2.24, 2.45) is 0 Å². The molecule has 0 aromatic heterocycles. The molecule has 1 aromatic carbocycles. The number of hydrogen-bond donors (Lipinski definition) is 2. The highest BCUT2D eigenvalue weighted by Gasteiger charge is 2.30. The van der Waals surface area contributed by atoms with E-state index in [-0.39, 0.29) is 10.9 Å². The van der Waals surface area contributed by atoms with E-state index in [1.807, 2.05) is 13.8 Å². The van der Waals surface area contributed by atoms with Gasteiger partial charge in [0.05, 0.1) is 11.2 Å². The van der Waals surface area contributed by atoms with Crippen LogP contribution in [0.15, 0.2) is 29.2 Å². The Bertz CT molecular complexity index is 611. The van der Waals surface area contributed by atoms with Crippen molar-refractivity contribution in [2.45, 2.75) is 43.2 Å². The first kappa shape index (κ1) is 13.9. The van der Waals surface area contributed by atoms with Gasteiger partial charge in [-0.05, 0) is 38.8 Å². The Hall–Kier alpha value is -1.51. The summed E-state index contributed by atoms with van der Waals surface area (Å²) in [6.45, 7) is 3.65. The van der Waals surface area contributed by atoms with E-state index in [1.54, 1.807) is 24.3 Å². The molecular formula is C14H18N2O2S. The lowest BCUT2D eigenvalue weighted by Crippen LogP contribution is -2.31. The number of hydrogen-bond acceptors (Lipinski definition) is 3. The van der Waals surface area contributed by atoms with E-state index in [0.717, 1.165) is 12.8 Å². The van der Waals surface area contributed by atoms with Gasteiger partial charge in [0.2, 0.25) is 10.0 Å². The van der Waals surface area contributed by atoms with Crippen molar-refractivity contribution < 1.29 is 8.42 Å². The van der Waals surface area contributed by atoms with Crippen LogP contribution in [-0.4, -0.2) is 20.0 Å². The first-order chi connectivity index (χ1) is 8.84. The van der Waals surface area contributed by atoms with Gasteiger partial charge in [-0.2, -0.15) is 0 Å². The molecule has 1 saturated carbocycles. The van der Waals surface area contributed by atoms with Crippen molar-refractivity contribution in [3.05, 3.63) is 24.3 Å². The highest BCUT2D eigenvalue weighted by Crippen LogP contribution is 2.27. The van der Waals surface area contributed by atoms with Crippen LogP contribution < -0.4 is 10.0 Å². The fraction of sp³-hybridized carbons (Fsp3) is 0.429. The summed E-state index contributed by atoms with van der Waals surface area (Å²) in [5, 5.41) is 3.08. The maximum atomic E-state index is 12.3. The van der Waals surface area contributed by atoms with E-state index in [2.05, 4.69) is 16.0 Å². The van der Waals surface area contributed by atoms with Crippen LogP contribution in [0.25, 0.3) is 0 Å². The van der Waals surface area contributed by atoms with E-state index in [4.69, 9.17) is 6.42 Å². The topological polar surface area (TPSA) is 58.2 Å². The Balaban J connectivity index is 2.33. The quantitative estimate of drug-likeness (QED) is 0.809. The summed E-state index contributed by atoms with van der Waals surface area (Å²) in [5.74, 6) is 2.60. The Morgan fingerprint density at radius 3 is 2.53 bits per heavy atom. The first-order valence-electron chi connectivity index (χ1n) is 6.21. The molecule has 1 aromatic rings. The summed E-state index contributed by atoms with van der Waals surface area (Å²) in [5.41, 5.74) is -0.0795. The molecule has 1 fully saturated rings. The lowest BCUT2D eigenvalue weighted by Gasteiger charge is -2.23. The fourth-order valence-corrected chi connectivity index (χ4v) is 3.13. The molecule has 2 rings (SSSR count). The van der Waals surface area contributed by atoms with Crippen LogP contribution in [0, 0.1) is 12.3 Å². The zero-order valence-corrected chi connectivity index (χ0v) is 11.9. The minimum atomic E-state index is -3.49. The van der Waals surface area contributed by atoms with Gasteiger partial charge < -0.3 is 5.32 Å². The molecule has 1 aliphatic carbocycles. The fourth-order valence-electron chi connectivity index (χ4n) is 1.66. The summed E-state index contributed by atoms with van der Waals surface area (Å²) in [6.07, 6.45) is 7.24. The summed E-state index contributed by atoms with van der Waals surface area (Å²) < 4.78 is 27.2. The SMILES string of the molecule is C#CC(C)(C)Nc1ccccc1S(=O)(=O)NC1CC1. The van der Waals surface area contributed by atoms with Crippen molar-refractivity contribution in [1.82, 2.24) is 4.72 Å². The van der Waals surface area contributed by atoms with Gasteiger partial charge in [-0.25, -0.2) is 13.1 Å². The van der Waals surface area contributed by atoms with Gasteiger partial charge in [-0.1, -0.05) is 18.1 Å².